The largest absolute Gasteiger partial charge is 0.464 e. The number of anilines is 1. The minimum absolute atomic E-state index is 0.336. The number of halogens is 1. The zero-order valence-corrected chi connectivity index (χ0v) is 17.6. The van der Waals surface area contributed by atoms with Crippen LogP contribution in [0.2, 0.25) is 0 Å². The highest BCUT2D eigenvalue weighted by Gasteiger charge is 2.20. The third-order valence-corrected chi connectivity index (χ3v) is 5.02. The van der Waals surface area contributed by atoms with Crippen LogP contribution in [0.5, 0.6) is 5.88 Å². The lowest BCUT2D eigenvalue weighted by Gasteiger charge is -2.15. The fraction of sp³-hybridized carbons (Fsp3) is 0.208. The monoisotopic (exact) mass is 418 g/mol. The first-order chi connectivity index (χ1) is 15.0. The van der Waals surface area contributed by atoms with Gasteiger partial charge >= 0.3 is 0 Å². The van der Waals surface area contributed by atoms with Gasteiger partial charge in [-0.3, -0.25) is 4.79 Å². The van der Waals surface area contributed by atoms with Gasteiger partial charge in [-0.25, -0.2) is 9.07 Å². The molecule has 0 aliphatic heterocycles. The molecule has 1 atom stereocenters. The summed E-state index contributed by atoms with van der Waals surface area (Å²) in [6, 6.07) is 17.4. The van der Waals surface area contributed by atoms with E-state index in [9.17, 15) is 9.18 Å². The summed E-state index contributed by atoms with van der Waals surface area (Å²) in [6.07, 6.45) is -0.808. The van der Waals surface area contributed by atoms with Gasteiger partial charge in [-0.1, -0.05) is 30.3 Å². The van der Waals surface area contributed by atoms with E-state index in [-0.39, 0.29) is 11.7 Å². The third kappa shape index (κ3) is 4.26. The van der Waals surface area contributed by atoms with Crippen molar-refractivity contribution in [3.8, 4) is 17.0 Å². The highest BCUT2D eigenvalue weighted by atomic mass is 19.1. The molecule has 4 rings (SSSR count). The molecule has 0 spiro atoms. The molecule has 31 heavy (non-hydrogen) atoms. The van der Waals surface area contributed by atoms with Crippen molar-refractivity contribution in [1.29, 1.82) is 0 Å². The van der Waals surface area contributed by atoms with Crippen LogP contribution in [0, 0.1) is 12.7 Å². The van der Waals surface area contributed by atoms with E-state index < -0.39 is 6.10 Å². The smallest absolute Gasteiger partial charge is 0.265 e. The number of amides is 1. The van der Waals surface area contributed by atoms with Gasteiger partial charge in [0.05, 0.1) is 11.1 Å². The van der Waals surface area contributed by atoms with E-state index in [1.807, 2.05) is 54.9 Å². The van der Waals surface area contributed by atoms with Gasteiger partial charge in [-0.15, -0.1) is 0 Å². The second-order valence-electron chi connectivity index (χ2n) is 7.23. The number of hydrogen-bond donors (Lipinski definition) is 1. The first kappa shape index (κ1) is 20.5. The molecule has 6 nitrogen and oxygen atoms in total. The Morgan fingerprint density at radius 1 is 1.16 bits per heavy atom. The van der Waals surface area contributed by atoms with Gasteiger partial charge in [0.25, 0.3) is 5.91 Å². The number of fused-ring (bicyclic) bond motifs is 1. The maximum atomic E-state index is 13.1. The minimum atomic E-state index is -0.808. The zero-order chi connectivity index (χ0) is 22.0. The Balaban J connectivity index is 1.67. The van der Waals surface area contributed by atoms with Gasteiger partial charge in [0, 0.05) is 18.3 Å². The van der Waals surface area contributed by atoms with Crippen LogP contribution in [0.3, 0.4) is 0 Å². The summed E-state index contributed by atoms with van der Waals surface area (Å²) in [4.78, 5) is 17.2. The molecule has 0 aliphatic rings. The number of nitrogens with one attached hydrogen (secondary N) is 1. The Labute approximate surface area is 179 Å². The molecule has 158 valence electrons. The quantitative estimate of drug-likeness (QED) is 0.480. The van der Waals surface area contributed by atoms with Gasteiger partial charge in [0.15, 0.2) is 11.8 Å². The molecule has 7 heteroatoms. The summed E-state index contributed by atoms with van der Waals surface area (Å²) in [6.45, 7) is 6.27. The highest BCUT2D eigenvalue weighted by molar-refractivity contribution is 5.96. The lowest BCUT2D eigenvalue weighted by atomic mass is 10.0. The second-order valence-corrected chi connectivity index (χ2v) is 7.23. The van der Waals surface area contributed by atoms with Crippen LogP contribution in [-0.4, -0.2) is 26.8 Å². The Morgan fingerprint density at radius 2 is 1.87 bits per heavy atom. The van der Waals surface area contributed by atoms with E-state index in [1.54, 1.807) is 6.92 Å². The summed E-state index contributed by atoms with van der Waals surface area (Å²) < 4.78 is 20.8. The first-order valence-electron chi connectivity index (χ1n) is 10.1. The Bertz CT molecular complexity index is 1220. The number of aryl methyl sites for hydroxylation is 2. The number of rotatable bonds is 6. The van der Waals surface area contributed by atoms with Crippen molar-refractivity contribution in [2.45, 2.75) is 33.4 Å². The fourth-order valence-corrected chi connectivity index (χ4v) is 3.47. The average Bonchev–Trinajstić information content (AvgIpc) is 3.11. The van der Waals surface area contributed by atoms with Crippen molar-refractivity contribution in [3.63, 3.8) is 0 Å². The molecule has 2 heterocycles. The Morgan fingerprint density at radius 3 is 2.55 bits per heavy atom. The minimum Gasteiger partial charge on any atom is -0.464 e. The third-order valence-electron chi connectivity index (χ3n) is 5.02. The van der Waals surface area contributed by atoms with E-state index in [4.69, 9.17) is 4.74 Å². The summed E-state index contributed by atoms with van der Waals surface area (Å²) in [7, 11) is 0. The number of hydrogen-bond acceptors (Lipinski definition) is 4. The van der Waals surface area contributed by atoms with Crippen LogP contribution < -0.4 is 10.1 Å². The summed E-state index contributed by atoms with van der Waals surface area (Å²) in [5.74, 6) is -0.381. The number of aromatic nitrogens is 3. The number of carbonyl (C=O) groups is 1. The van der Waals surface area contributed by atoms with E-state index in [0.29, 0.717) is 23.8 Å². The summed E-state index contributed by atoms with van der Waals surface area (Å²) >= 11 is 0. The van der Waals surface area contributed by atoms with E-state index >= 15 is 0 Å². The van der Waals surface area contributed by atoms with Crippen LogP contribution in [0.15, 0.2) is 60.7 Å². The molecule has 0 saturated carbocycles. The molecule has 0 bridgehead atoms. The molecule has 1 N–H and O–H groups in total. The van der Waals surface area contributed by atoms with Crippen molar-refractivity contribution in [3.05, 3.63) is 72.2 Å². The molecular formula is C24H23FN4O2. The molecule has 2 aromatic heterocycles. The van der Waals surface area contributed by atoms with Gasteiger partial charge in [-0.05, 0) is 56.2 Å². The fourth-order valence-electron chi connectivity index (χ4n) is 3.47. The van der Waals surface area contributed by atoms with Crippen molar-refractivity contribution < 1.29 is 13.9 Å². The van der Waals surface area contributed by atoms with Gasteiger partial charge in [0.2, 0.25) is 5.88 Å². The molecule has 0 aliphatic carbocycles. The van der Waals surface area contributed by atoms with Crippen LogP contribution in [0.25, 0.3) is 22.2 Å². The van der Waals surface area contributed by atoms with Crippen LogP contribution in [0.4, 0.5) is 10.1 Å². The maximum absolute atomic E-state index is 13.1. The van der Waals surface area contributed by atoms with Gasteiger partial charge in [0.1, 0.15) is 5.82 Å². The lowest BCUT2D eigenvalue weighted by Crippen LogP contribution is -2.30. The molecule has 0 saturated heterocycles. The predicted molar refractivity (Wildman–Crippen MR) is 118 cm³/mol. The molecular weight excluding hydrogens is 395 g/mol. The van der Waals surface area contributed by atoms with E-state index in [2.05, 4.69) is 15.4 Å². The zero-order valence-electron chi connectivity index (χ0n) is 17.6. The van der Waals surface area contributed by atoms with Crippen molar-refractivity contribution in [1.82, 2.24) is 14.8 Å². The number of benzene rings is 2. The maximum Gasteiger partial charge on any atom is 0.265 e. The molecule has 4 aromatic rings. The standard InChI is InChI=1S/C24H23FN4O2/c1-4-29-23-22(15(2)28-29)20(17-8-6-5-7-9-17)14-21(27-23)31-16(3)24(30)26-19-12-10-18(25)11-13-19/h5-14,16H,4H2,1-3H3,(H,26,30). The lowest BCUT2D eigenvalue weighted by molar-refractivity contribution is -0.122. The number of ether oxygens (including phenoxy) is 1. The normalized spacial score (nSPS) is 12.0. The number of carbonyl (C=O) groups excluding carboxylic acids is 1. The van der Waals surface area contributed by atoms with Crippen LogP contribution >= 0.6 is 0 Å². The molecule has 1 unspecified atom stereocenters. The first-order valence-corrected chi connectivity index (χ1v) is 10.1. The molecule has 0 fully saturated rings. The van der Waals surface area contributed by atoms with E-state index in [1.165, 1.54) is 24.3 Å². The van der Waals surface area contributed by atoms with Gasteiger partial charge in [-0.2, -0.15) is 10.1 Å². The Hall–Kier alpha value is -3.74. The average molecular weight is 418 g/mol. The van der Waals surface area contributed by atoms with Crippen molar-refractivity contribution >= 4 is 22.6 Å². The number of nitrogens with zero attached hydrogens (tertiary/aromatic N) is 3. The highest BCUT2D eigenvalue weighted by Crippen LogP contribution is 2.33. The summed E-state index contributed by atoms with van der Waals surface area (Å²) in [5.41, 5.74) is 4.06. The number of pyridine rings is 1. The second kappa shape index (κ2) is 8.55. The molecule has 2 aromatic carbocycles. The van der Waals surface area contributed by atoms with Gasteiger partial charge < -0.3 is 10.1 Å². The SMILES string of the molecule is CCn1nc(C)c2c(-c3ccccc3)cc(OC(C)C(=O)Nc3ccc(F)cc3)nc21. The van der Waals surface area contributed by atoms with Crippen LogP contribution in [-0.2, 0) is 11.3 Å². The molecule has 1 amide bonds. The topological polar surface area (TPSA) is 69.0 Å². The van der Waals surface area contributed by atoms with Crippen molar-refractivity contribution in [2.24, 2.45) is 0 Å². The predicted octanol–water partition coefficient (Wildman–Crippen LogP) is 4.97. The Kier molecular flexibility index (Phi) is 5.66. The van der Waals surface area contributed by atoms with Crippen LogP contribution in [0.1, 0.15) is 19.5 Å². The molecule has 0 radical (unpaired) electrons. The van der Waals surface area contributed by atoms with Crippen molar-refractivity contribution in [2.75, 3.05) is 5.32 Å². The van der Waals surface area contributed by atoms with E-state index in [0.717, 1.165) is 22.2 Å². The summed E-state index contributed by atoms with van der Waals surface area (Å²) in [5, 5.41) is 8.29.